The number of ketones is 1. The average molecular weight is 269 g/mol. The predicted molar refractivity (Wildman–Crippen MR) is 76.7 cm³/mol. The zero-order valence-electron chi connectivity index (χ0n) is 11.2. The lowest BCUT2D eigenvalue weighted by molar-refractivity contribution is -0.384. The zero-order chi connectivity index (χ0) is 14.5. The van der Waals surface area contributed by atoms with Crippen LogP contribution in [0.15, 0.2) is 54.6 Å². The van der Waals surface area contributed by atoms with Crippen LogP contribution in [-0.4, -0.2) is 10.7 Å². The lowest BCUT2D eigenvalue weighted by Crippen LogP contribution is -2.13. The van der Waals surface area contributed by atoms with Crippen LogP contribution in [0, 0.1) is 16.0 Å². The third-order valence-corrected chi connectivity index (χ3v) is 3.19. The van der Waals surface area contributed by atoms with Gasteiger partial charge in [0.2, 0.25) is 0 Å². The highest BCUT2D eigenvalue weighted by Gasteiger charge is 2.15. The number of benzene rings is 2. The van der Waals surface area contributed by atoms with E-state index in [4.69, 9.17) is 0 Å². The van der Waals surface area contributed by atoms with Crippen LogP contribution >= 0.6 is 0 Å². The van der Waals surface area contributed by atoms with E-state index >= 15 is 0 Å². The molecular formula is C16H15NO3. The van der Waals surface area contributed by atoms with Gasteiger partial charge in [0.05, 0.1) is 4.92 Å². The topological polar surface area (TPSA) is 60.2 Å². The van der Waals surface area contributed by atoms with Gasteiger partial charge in [-0.3, -0.25) is 14.9 Å². The fourth-order valence-corrected chi connectivity index (χ4v) is 2.09. The van der Waals surface area contributed by atoms with Crippen LogP contribution in [0.2, 0.25) is 0 Å². The van der Waals surface area contributed by atoms with Crippen molar-refractivity contribution < 1.29 is 9.72 Å². The van der Waals surface area contributed by atoms with Gasteiger partial charge in [0.15, 0.2) is 5.78 Å². The number of hydrogen-bond donors (Lipinski definition) is 0. The molecule has 0 N–H and O–H groups in total. The summed E-state index contributed by atoms with van der Waals surface area (Å²) in [6.45, 7) is 1.87. The van der Waals surface area contributed by atoms with Crippen molar-refractivity contribution in [1.82, 2.24) is 0 Å². The van der Waals surface area contributed by atoms with Gasteiger partial charge in [-0.25, -0.2) is 0 Å². The van der Waals surface area contributed by atoms with Crippen molar-refractivity contribution in [3.63, 3.8) is 0 Å². The molecule has 0 amide bonds. The molecule has 0 radical (unpaired) electrons. The molecule has 0 saturated heterocycles. The van der Waals surface area contributed by atoms with Gasteiger partial charge < -0.3 is 0 Å². The summed E-state index contributed by atoms with van der Waals surface area (Å²) in [4.78, 5) is 22.4. The third-order valence-electron chi connectivity index (χ3n) is 3.19. The van der Waals surface area contributed by atoms with E-state index in [2.05, 4.69) is 0 Å². The first-order chi connectivity index (χ1) is 9.58. The molecule has 2 aromatic rings. The van der Waals surface area contributed by atoms with Crippen LogP contribution in [0.5, 0.6) is 0 Å². The Labute approximate surface area is 117 Å². The highest BCUT2D eigenvalue weighted by Crippen LogP contribution is 2.17. The maximum absolute atomic E-state index is 12.2. The number of nitro benzene ring substituents is 1. The summed E-state index contributed by atoms with van der Waals surface area (Å²) in [6, 6.07) is 15.5. The van der Waals surface area contributed by atoms with E-state index in [1.165, 1.54) is 12.1 Å². The fraction of sp³-hybridized carbons (Fsp3) is 0.188. The number of nitrogens with zero attached hydrogens (tertiary/aromatic N) is 1. The van der Waals surface area contributed by atoms with Crippen LogP contribution in [0.3, 0.4) is 0 Å². The molecule has 0 bridgehead atoms. The Morgan fingerprint density at radius 3 is 2.25 bits per heavy atom. The number of non-ortho nitro benzene ring substituents is 1. The minimum atomic E-state index is -0.428. The SMILES string of the molecule is CC(Cc1ccc([N+](=O)[O-])cc1)C(=O)c1ccccc1. The zero-order valence-corrected chi connectivity index (χ0v) is 11.2. The highest BCUT2D eigenvalue weighted by molar-refractivity contribution is 5.97. The molecule has 20 heavy (non-hydrogen) atoms. The van der Waals surface area contributed by atoms with Gasteiger partial charge in [-0.15, -0.1) is 0 Å². The molecule has 0 aliphatic rings. The molecule has 1 unspecified atom stereocenters. The Hall–Kier alpha value is -2.49. The molecule has 0 aliphatic heterocycles. The van der Waals surface area contributed by atoms with Crippen molar-refractivity contribution in [3.8, 4) is 0 Å². The summed E-state index contributed by atoms with van der Waals surface area (Å²) in [5.74, 6) is -0.0668. The Bertz CT molecular complexity index is 605. The first kappa shape index (κ1) is 13.9. The number of hydrogen-bond acceptors (Lipinski definition) is 3. The molecule has 0 fully saturated rings. The smallest absolute Gasteiger partial charge is 0.269 e. The first-order valence-electron chi connectivity index (χ1n) is 6.40. The minimum absolute atomic E-state index is 0.0655. The largest absolute Gasteiger partial charge is 0.294 e. The van der Waals surface area contributed by atoms with Crippen LogP contribution < -0.4 is 0 Å². The van der Waals surface area contributed by atoms with Gasteiger partial charge in [-0.2, -0.15) is 0 Å². The highest BCUT2D eigenvalue weighted by atomic mass is 16.6. The predicted octanol–water partition coefficient (Wildman–Crippen LogP) is 3.66. The summed E-state index contributed by atoms with van der Waals surface area (Å²) in [5.41, 5.74) is 1.69. The van der Waals surface area contributed by atoms with Crippen LogP contribution in [-0.2, 0) is 6.42 Å². The van der Waals surface area contributed by atoms with Crippen molar-refractivity contribution in [1.29, 1.82) is 0 Å². The van der Waals surface area contributed by atoms with Gasteiger partial charge >= 0.3 is 0 Å². The number of nitro groups is 1. The maximum atomic E-state index is 12.2. The molecule has 2 aromatic carbocycles. The number of rotatable bonds is 5. The summed E-state index contributed by atoms with van der Waals surface area (Å²) in [7, 11) is 0. The molecule has 102 valence electrons. The van der Waals surface area contributed by atoms with Crippen molar-refractivity contribution in [2.75, 3.05) is 0 Å². The lowest BCUT2D eigenvalue weighted by atomic mass is 9.93. The van der Waals surface area contributed by atoms with Crippen LogP contribution in [0.25, 0.3) is 0 Å². The molecule has 2 rings (SSSR count). The van der Waals surface area contributed by atoms with Crippen LogP contribution in [0.1, 0.15) is 22.8 Å². The fourth-order valence-electron chi connectivity index (χ4n) is 2.09. The molecule has 0 heterocycles. The van der Waals surface area contributed by atoms with E-state index in [9.17, 15) is 14.9 Å². The molecule has 0 saturated carbocycles. The summed E-state index contributed by atoms with van der Waals surface area (Å²) in [6.07, 6.45) is 0.575. The van der Waals surface area contributed by atoms with E-state index < -0.39 is 4.92 Å². The van der Waals surface area contributed by atoms with E-state index in [0.29, 0.717) is 12.0 Å². The van der Waals surface area contributed by atoms with E-state index in [1.54, 1.807) is 24.3 Å². The molecule has 1 atom stereocenters. The van der Waals surface area contributed by atoms with Crippen molar-refractivity contribution >= 4 is 11.5 Å². The van der Waals surface area contributed by atoms with Gasteiger partial charge in [0.1, 0.15) is 0 Å². The maximum Gasteiger partial charge on any atom is 0.269 e. The summed E-state index contributed by atoms with van der Waals surface area (Å²) >= 11 is 0. The average Bonchev–Trinajstić information content (AvgIpc) is 2.48. The first-order valence-corrected chi connectivity index (χ1v) is 6.40. The summed E-state index contributed by atoms with van der Waals surface area (Å²) in [5, 5.41) is 10.6. The van der Waals surface area contributed by atoms with E-state index in [1.807, 2.05) is 25.1 Å². The standard InChI is InChI=1S/C16H15NO3/c1-12(16(18)14-5-3-2-4-6-14)11-13-7-9-15(10-8-13)17(19)20/h2-10,12H,11H2,1H3. The lowest BCUT2D eigenvalue weighted by Gasteiger charge is -2.10. The molecule has 4 heteroatoms. The van der Waals surface area contributed by atoms with Gasteiger partial charge in [-0.05, 0) is 12.0 Å². The monoisotopic (exact) mass is 269 g/mol. The Morgan fingerprint density at radius 1 is 1.10 bits per heavy atom. The Morgan fingerprint density at radius 2 is 1.70 bits per heavy atom. The molecule has 0 aromatic heterocycles. The second-order valence-electron chi connectivity index (χ2n) is 4.76. The minimum Gasteiger partial charge on any atom is -0.294 e. The normalized spacial score (nSPS) is 11.8. The molecular weight excluding hydrogens is 254 g/mol. The van der Waals surface area contributed by atoms with Gasteiger partial charge in [0, 0.05) is 23.6 Å². The number of carbonyl (C=O) groups is 1. The second-order valence-corrected chi connectivity index (χ2v) is 4.76. The van der Waals surface area contributed by atoms with Crippen molar-refractivity contribution in [2.24, 2.45) is 5.92 Å². The molecule has 4 nitrogen and oxygen atoms in total. The molecule has 0 spiro atoms. The number of carbonyl (C=O) groups excluding carboxylic acids is 1. The number of Topliss-reactive ketones (excluding diaryl/α,β-unsaturated/α-hetero) is 1. The molecule has 0 aliphatic carbocycles. The summed E-state index contributed by atoms with van der Waals surface area (Å²) < 4.78 is 0. The van der Waals surface area contributed by atoms with Crippen molar-refractivity contribution in [2.45, 2.75) is 13.3 Å². The second kappa shape index (κ2) is 6.10. The van der Waals surface area contributed by atoms with E-state index in [0.717, 1.165) is 5.56 Å². The van der Waals surface area contributed by atoms with Gasteiger partial charge in [0.25, 0.3) is 5.69 Å². The Kier molecular flexibility index (Phi) is 4.25. The van der Waals surface area contributed by atoms with E-state index in [-0.39, 0.29) is 17.4 Å². The Balaban J connectivity index is 2.06. The third kappa shape index (κ3) is 3.29. The van der Waals surface area contributed by atoms with Gasteiger partial charge in [-0.1, -0.05) is 49.4 Å². The quantitative estimate of drug-likeness (QED) is 0.473. The van der Waals surface area contributed by atoms with Crippen LogP contribution in [0.4, 0.5) is 5.69 Å². The van der Waals surface area contributed by atoms with Crippen molar-refractivity contribution in [3.05, 3.63) is 75.8 Å².